The van der Waals surface area contributed by atoms with Crippen molar-refractivity contribution in [1.29, 1.82) is 0 Å². The van der Waals surface area contributed by atoms with Crippen LogP contribution < -0.4 is 22.1 Å². The molecule has 0 spiro atoms. The maximum absolute atomic E-state index is 13.9. The summed E-state index contributed by atoms with van der Waals surface area (Å²) in [6, 6.07) is 16.4. The molecule has 4 atom stereocenters. The molecule has 10 nitrogen and oxygen atoms in total. The van der Waals surface area contributed by atoms with Crippen molar-refractivity contribution in [2.45, 2.75) is 89.8 Å². The summed E-state index contributed by atoms with van der Waals surface area (Å²) in [7, 11) is 0. The number of aliphatic hydroxyl groups is 1. The summed E-state index contributed by atoms with van der Waals surface area (Å²) >= 11 is 0. The topological polar surface area (TPSA) is 174 Å². The highest BCUT2D eigenvalue weighted by Gasteiger charge is 2.31. The highest BCUT2D eigenvalue weighted by molar-refractivity contribution is 5.95. The lowest BCUT2D eigenvalue weighted by Crippen LogP contribution is -2.51. The van der Waals surface area contributed by atoms with Crippen LogP contribution in [-0.2, 0) is 36.8 Å². The Hall–Kier alpha value is -3.44. The molecule has 7 N–H and O–H groups in total. The largest absolute Gasteiger partial charge is 0.394 e. The smallest absolute Gasteiger partial charge is 0.237 e. The fourth-order valence-corrected chi connectivity index (χ4v) is 5.36. The maximum atomic E-state index is 13.9. The predicted octanol–water partition coefficient (Wildman–Crippen LogP) is 2.88. The first kappa shape index (κ1) is 38.7. The lowest BCUT2D eigenvalue weighted by molar-refractivity contribution is -0.134. The molecule has 0 saturated carbocycles. The van der Waals surface area contributed by atoms with E-state index >= 15 is 0 Å². The van der Waals surface area contributed by atoms with Gasteiger partial charge in [-0.25, -0.2) is 0 Å². The summed E-state index contributed by atoms with van der Waals surface area (Å²) in [4.78, 5) is 53.9. The van der Waals surface area contributed by atoms with Crippen LogP contribution >= 0.6 is 0 Å². The van der Waals surface area contributed by atoms with Crippen molar-refractivity contribution in [2.24, 2.45) is 23.3 Å². The molecule has 0 aliphatic heterocycles. The summed E-state index contributed by atoms with van der Waals surface area (Å²) in [6.07, 6.45) is 3.49. The van der Waals surface area contributed by atoms with Gasteiger partial charge in [-0.1, -0.05) is 74.5 Å². The number of aliphatic hydroxyl groups excluding tert-OH is 1. The number of Topliss-reactive ketones (excluding diaryl/α,β-unsaturated/α-hetero) is 2. The Morgan fingerprint density at radius 1 is 0.783 bits per heavy atom. The SMILES string of the molecule is CC(C)C[C@@H](CC(=O)[C@@H](Cc1ccccc1)NC(=O)[C@H](N)Cc1ccccc1)C(=O)N[C@H](CCCCN)C(=O)CCCOCCO. The average molecular weight is 639 g/mol. The fourth-order valence-electron chi connectivity index (χ4n) is 5.36. The van der Waals surface area contributed by atoms with Crippen LogP contribution in [0.15, 0.2) is 60.7 Å². The van der Waals surface area contributed by atoms with Gasteiger partial charge in [0.2, 0.25) is 11.8 Å². The van der Waals surface area contributed by atoms with Crippen molar-refractivity contribution in [3.8, 4) is 0 Å². The zero-order valence-corrected chi connectivity index (χ0v) is 27.5. The molecule has 46 heavy (non-hydrogen) atoms. The number of ether oxygens (including phenoxy) is 1. The molecule has 0 aromatic heterocycles. The van der Waals surface area contributed by atoms with Crippen molar-refractivity contribution < 1.29 is 29.0 Å². The van der Waals surface area contributed by atoms with Gasteiger partial charge in [0.25, 0.3) is 0 Å². The molecule has 0 unspecified atom stereocenters. The predicted molar refractivity (Wildman–Crippen MR) is 180 cm³/mol. The zero-order valence-electron chi connectivity index (χ0n) is 27.5. The van der Waals surface area contributed by atoms with Gasteiger partial charge in [0.15, 0.2) is 11.6 Å². The average Bonchev–Trinajstić information content (AvgIpc) is 3.04. The number of benzene rings is 2. The molecular formula is C36H54N4O6. The summed E-state index contributed by atoms with van der Waals surface area (Å²) in [5.41, 5.74) is 13.7. The van der Waals surface area contributed by atoms with Gasteiger partial charge in [-0.05, 0) is 68.5 Å². The van der Waals surface area contributed by atoms with Crippen LogP contribution in [0.2, 0.25) is 0 Å². The molecule has 2 aromatic rings. The van der Waals surface area contributed by atoms with E-state index in [-0.39, 0.29) is 55.9 Å². The van der Waals surface area contributed by atoms with E-state index in [1.807, 2.05) is 74.5 Å². The van der Waals surface area contributed by atoms with Crippen LogP contribution in [-0.4, -0.2) is 73.0 Å². The number of hydrogen-bond acceptors (Lipinski definition) is 8. The van der Waals surface area contributed by atoms with E-state index in [1.165, 1.54) is 0 Å². The van der Waals surface area contributed by atoms with Crippen LogP contribution in [0.5, 0.6) is 0 Å². The van der Waals surface area contributed by atoms with Crippen LogP contribution in [0.1, 0.15) is 69.9 Å². The summed E-state index contributed by atoms with van der Waals surface area (Å²) in [6.45, 7) is 4.90. The quantitative estimate of drug-likeness (QED) is 0.109. The minimum Gasteiger partial charge on any atom is -0.394 e. The van der Waals surface area contributed by atoms with E-state index in [0.29, 0.717) is 45.3 Å². The standard InChI is InChI=1S/C36H54N4O6/c1-26(2)22-29(35(44)39-31(16-9-10-18-37)33(42)17-11-20-46-21-19-41)25-34(43)32(24-28-14-7-4-8-15-28)40-36(45)30(38)23-27-12-5-3-6-13-27/h3-8,12-15,26,29-32,41H,9-11,16-25,37-38H2,1-2H3,(H,39,44)(H,40,45)/t29-,30+,31+,32+/m0/s1. The number of rotatable bonds is 24. The molecule has 0 aliphatic carbocycles. The van der Waals surface area contributed by atoms with Crippen molar-refractivity contribution in [2.75, 3.05) is 26.4 Å². The van der Waals surface area contributed by atoms with Crippen LogP contribution in [0.4, 0.5) is 0 Å². The van der Waals surface area contributed by atoms with E-state index in [2.05, 4.69) is 10.6 Å². The molecular weight excluding hydrogens is 584 g/mol. The summed E-state index contributed by atoms with van der Waals surface area (Å²) in [5.74, 6) is -1.73. The van der Waals surface area contributed by atoms with E-state index in [4.69, 9.17) is 21.3 Å². The lowest BCUT2D eigenvalue weighted by atomic mass is 9.87. The highest BCUT2D eigenvalue weighted by Crippen LogP contribution is 2.20. The second kappa shape index (κ2) is 22.1. The molecule has 0 fully saturated rings. The molecule has 0 aliphatic rings. The highest BCUT2D eigenvalue weighted by atomic mass is 16.5. The van der Waals surface area contributed by atoms with Crippen molar-refractivity contribution in [1.82, 2.24) is 10.6 Å². The number of unbranched alkanes of at least 4 members (excludes halogenated alkanes) is 1. The first-order chi connectivity index (χ1) is 22.1. The molecule has 0 bridgehead atoms. The zero-order chi connectivity index (χ0) is 33.7. The maximum Gasteiger partial charge on any atom is 0.237 e. The molecule has 2 amide bonds. The van der Waals surface area contributed by atoms with Gasteiger partial charge in [-0.2, -0.15) is 0 Å². The number of carbonyl (C=O) groups excluding carboxylic acids is 4. The minimum atomic E-state index is -0.875. The Kier molecular flexibility index (Phi) is 18.7. The van der Waals surface area contributed by atoms with Gasteiger partial charge in [0.1, 0.15) is 0 Å². The Morgan fingerprint density at radius 2 is 1.39 bits per heavy atom. The van der Waals surface area contributed by atoms with Gasteiger partial charge in [-0.15, -0.1) is 0 Å². The third-order valence-corrected chi connectivity index (χ3v) is 7.80. The third-order valence-electron chi connectivity index (χ3n) is 7.80. The summed E-state index contributed by atoms with van der Waals surface area (Å²) in [5, 5.41) is 14.7. The Bertz CT molecular complexity index is 1180. The van der Waals surface area contributed by atoms with E-state index in [9.17, 15) is 19.2 Å². The van der Waals surface area contributed by atoms with E-state index in [0.717, 1.165) is 17.5 Å². The minimum absolute atomic E-state index is 0.0853. The molecule has 2 rings (SSSR count). The van der Waals surface area contributed by atoms with Gasteiger partial charge in [0.05, 0.1) is 31.3 Å². The van der Waals surface area contributed by atoms with Crippen molar-refractivity contribution in [3.05, 3.63) is 71.8 Å². The Morgan fingerprint density at radius 3 is 1.98 bits per heavy atom. The van der Waals surface area contributed by atoms with E-state index in [1.54, 1.807) is 0 Å². The monoisotopic (exact) mass is 638 g/mol. The van der Waals surface area contributed by atoms with Gasteiger partial charge >= 0.3 is 0 Å². The number of carbonyl (C=O) groups is 4. The number of nitrogens with one attached hydrogen (secondary N) is 2. The normalized spacial score (nSPS) is 13.9. The summed E-state index contributed by atoms with van der Waals surface area (Å²) < 4.78 is 5.27. The molecule has 254 valence electrons. The second-order valence-corrected chi connectivity index (χ2v) is 12.3. The first-order valence-electron chi connectivity index (χ1n) is 16.5. The fraction of sp³-hybridized carbons (Fsp3) is 0.556. The van der Waals surface area contributed by atoms with Crippen LogP contribution in [0.25, 0.3) is 0 Å². The van der Waals surface area contributed by atoms with Gasteiger partial charge in [-0.3, -0.25) is 19.2 Å². The molecule has 0 saturated heterocycles. The number of hydrogen-bond donors (Lipinski definition) is 5. The third kappa shape index (κ3) is 15.2. The Balaban J connectivity index is 2.18. The molecule has 0 heterocycles. The molecule has 2 aromatic carbocycles. The Labute approximate surface area is 274 Å². The van der Waals surface area contributed by atoms with E-state index < -0.39 is 30.0 Å². The first-order valence-corrected chi connectivity index (χ1v) is 16.5. The molecule has 10 heteroatoms. The number of amides is 2. The van der Waals surface area contributed by atoms with Crippen LogP contribution in [0, 0.1) is 11.8 Å². The van der Waals surface area contributed by atoms with Crippen molar-refractivity contribution >= 4 is 23.4 Å². The number of ketones is 2. The lowest BCUT2D eigenvalue weighted by Gasteiger charge is -2.25. The molecule has 0 radical (unpaired) electrons. The van der Waals surface area contributed by atoms with Gasteiger partial charge in [0, 0.05) is 25.4 Å². The second-order valence-electron chi connectivity index (χ2n) is 12.3. The van der Waals surface area contributed by atoms with Crippen LogP contribution in [0.3, 0.4) is 0 Å². The van der Waals surface area contributed by atoms with Gasteiger partial charge < -0.3 is 31.9 Å². The number of nitrogens with two attached hydrogens (primary N) is 2. The van der Waals surface area contributed by atoms with Crippen molar-refractivity contribution in [3.63, 3.8) is 0 Å².